The summed E-state index contributed by atoms with van der Waals surface area (Å²) in [5.41, 5.74) is 2.83. The van der Waals surface area contributed by atoms with Gasteiger partial charge in [-0.05, 0) is 42.2 Å². The standard InChI is InChI=1S/C26H32ClN3O4/c1-33-24-7-6-22(27)16-23(24)26(32)30-10-8-19(9-11-30)25(31)28-17-20-4-2-3-5-21(20)18-29-12-14-34-15-13-29/h2-7,16,19H,8-15,17-18H2,1H3,(H,28,31). The van der Waals surface area contributed by atoms with E-state index in [4.69, 9.17) is 21.1 Å². The second-order valence-corrected chi connectivity index (χ2v) is 9.22. The predicted octanol–water partition coefficient (Wildman–Crippen LogP) is 3.35. The summed E-state index contributed by atoms with van der Waals surface area (Å²) in [5, 5.41) is 3.62. The molecule has 0 aliphatic carbocycles. The number of hydrogen-bond donors (Lipinski definition) is 1. The van der Waals surface area contributed by atoms with E-state index in [0.717, 1.165) is 38.4 Å². The van der Waals surface area contributed by atoms with Gasteiger partial charge in [0.15, 0.2) is 0 Å². The lowest BCUT2D eigenvalue weighted by Gasteiger charge is -2.32. The first-order chi connectivity index (χ1) is 16.5. The van der Waals surface area contributed by atoms with Crippen LogP contribution in [0.15, 0.2) is 42.5 Å². The van der Waals surface area contributed by atoms with Crippen LogP contribution in [0, 0.1) is 5.92 Å². The Labute approximate surface area is 206 Å². The number of ether oxygens (including phenoxy) is 2. The van der Waals surface area contributed by atoms with Crippen LogP contribution in [0.2, 0.25) is 5.02 Å². The fourth-order valence-electron chi connectivity index (χ4n) is 4.57. The number of nitrogens with zero attached hydrogens (tertiary/aromatic N) is 2. The third-order valence-electron chi connectivity index (χ3n) is 6.61. The van der Waals surface area contributed by atoms with E-state index < -0.39 is 0 Å². The van der Waals surface area contributed by atoms with Crippen molar-refractivity contribution >= 4 is 23.4 Å². The number of rotatable bonds is 7. The van der Waals surface area contributed by atoms with Crippen molar-refractivity contribution in [3.05, 3.63) is 64.2 Å². The van der Waals surface area contributed by atoms with Gasteiger partial charge in [0.25, 0.3) is 5.91 Å². The van der Waals surface area contributed by atoms with E-state index in [1.54, 1.807) is 23.1 Å². The van der Waals surface area contributed by atoms with Gasteiger partial charge in [0, 0.05) is 50.2 Å². The van der Waals surface area contributed by atoms with Crippen LogP contribution in [-0.2, 0) is 22.6 Å². The Hall–Kier alpha value is -2.61. The molecule has 34 heavy (non-hydrogen) atoms. The van der Waals surface area contributed by atoms with Gasteiger partial charge in [-0.15, -0.1) is 0 Å². The summed E-state index contributed by atoms with van der Waals surface area (Å²) in [6.07, 6.45) is 1.27. The number of hydrogen-bond acceptors (Lipinski definition) is 5. The first kappa shape index (κ1) is 24.5. The van der Waals surface area contributed by atoms with Crippen LogP contribution in [-0.4, -0.2) is 68.1 Å². The number of benzene rings is 2. The molecule has 0 radical (unpaired) electrons. The topological polar surface area (TPSA) is 71.1 Å². The number of halogens is 1. The molecule has 7 nitrogen and oxygen atoms in total. The summed E-state index contributed by atoms with van der Waals surface area (Å²) in [5.74, 6) is 0.339. The fraction of sp³-hybridized carbons (Fsp3) is 0.462. The van der Waals surface area contributed by atoms with E-state index in [1.165, 1.54) is 12.7 Å². The van der Waals surface area contributed by atoms with E-state index in [-0.39, 0.29) is 17.7 Å². The van der Waals surface area contributed by atoms with Crippen LogP contribution < -0.4 is 10.1 Å². The molecule has 0 unspecified atom stereocenters. The molecule has 0 spiro atoms. The highest BCUT2D eigenvalue weighted by Crippen LogP contribution is 2.26. The van der Waals surface area contributed by atoms with Crippen LogP contribution in [0.5, 0.6) is 5.75 Å². The molecule has 2 heterocycles. The number of nitrogens with one attached hydrogen (secondary N) is 1. The van der Waals surface area contributed by atoms with Crippen molar-refractivity contribution < 1.29 is 19.1 Å². The van der Waals surface area contributed by atoms with Crippen molar-refractivity contribution in [3.63, 3.8) is 0 Å². The van der Waals surface area contributed by atoms with Crippen molar-refractivity contribution in [3.8, 4) is 5.75 Å². The van der Waals surface area contributed by atoms with Gasteiger partial charge in [-0.3, -0.25) is 14.5 Å². The lowest BCUT2D eigenvalue weighted by Crippen LogP contribution is -2.43. The summed E-state index contributed by atoms with van der Waals surface area (Å²) < 4.78 is 10.8. The fourth-order valence-corrected chi connectivity index (χ4v) is 4.75. The smallest absolute Gasteiger partial charge is 0.257 e. The quantitative estimate of drug-likeness (QED) is 0.651. The van der Waals surface area contributed by atoms with E-state index in [1.807, 2.05) is 12.1 Å². The average Bonchev–Trinajstić information content (AvgIpc) is 2.88. The van der Waals surface area contributed by atoms with Gasteiger partial charge >= 0.3 is 0 Å². The Morgan fingerprint density at radius 2 is 1.76 bits per heavy atom. The largest absolute Gasteiger partial charge is 0.496 e. The zero-order valence-corrected chi connectivity index (χ0v) is 20.4. The third kappa shape index (κ3) is 6.09. The number of likely N-dealkylation sites (tertiary alicyclic amines) is 1. The zero-order chi connectivity index (χ0) is 23.9. The SMILES string of the molecule is COc1ccc(Cl)cc1C(=O)N1CCC(C(=O)NCc2ccccc2CN2CCOCC2)CC1. The van der Waals surface area contributed by atoms with Crippen molar-refractivity contribution in [1.82, 2.24) is 15.1 Å². The monoisotopic (exact) mass is 485 g/mol. The van der Waals surface area contributed by atoms with Crippen molar-refractivity contribution in [2.75, 3.05) is 46.5 Å². The number of morpholine rings is 1. The van der Waals surface area contributed by atoms with Crippen LogP contribution in [0.3, 0.4) is 0 Å². The molecule has 0 saturated carbocycles. The first-order valence-corrected chi connectivity index (χ1v) is 12.2. The second-order valence-electron chi connectivity index (χ2n) is 8.79. The molecule has 2 aromatic rings. The lowest BCUT2D eigenvalue weighted by molar-refractivity contribution is -0.126. The van der Waals surface area contributed by atoms with Crippen molar-refractivity contribution in [2.45, 2.75) is 25.9 Å². The molecule has 0 bridgehead atoms. The highest BCUT2D eigenvalue weighted by Gasteiger charge is 2.29. The Kier molecular flexibility index (Phi) is 8.43. The van der Waals surface area contributed by atoms with E-state index in [0.29, 0.717) is 48.8 Å². The Morgan fingerprint density at radius 1 is 1.06 bits per heavy atom. The highest BCUT2D eigenvalue weighted by atomic mass is 35.5. The first-order valence-electron chi connectivity index (χ1n) is 11.8. The molecule has 4 rings (SSSR count). The Balaban J connectivity index is 1.29. The van der Waals surface area contributed by atoms with E-state index in [9.17, 15) is 9.59 Å². The second kappa shape index (κ2) is 11.7. The van der Waals surface area contributed by atoms with E-state index in [2.05, 4.69) is 22.3 Å². The molecule has 2 fully saturated rings. The molecule has 0 atom stereocenters. The molecule has 2 aromatic carbocycles. The molecule has 1 N–H and O–H groups in total. The summed E-state index contributed by atoms with van der Waals surface area (Å²) >= 11 is 6.09. The molecule has 2 aliphatic rings. The number of methoxy groups -OCH3 is 1. The normalized spacial score (nSPS) is 17.4. The Bertz CT molecular complexity index is 1000. The van der Waals surface area contributed by atoms with Gasteiger partial charge in [-0.2, -0.15) is 0 Å². The maximum atomic E-state index is 13.0. The number of amides is 2. The predicted molar refractivity (Wildman–Crippen MR) is 131 cm³/mol. The van der Waals surface area contributed by atoms with Gasteiger partial charge in [0.1, 0.15) is 5.75 Å². The van der Waals surface area contributed by atoms with Crippen LogP contribution in [0.4, 0.5) is 0 Å². The van der Waals surface area contributed by atoms with Gasteiger partial charge in [0.2, 0.25) is 5.91 Å². The number of carbonyl (C=O) groups excluding carboxylic acids is 2. The van der Waals surface area contributed by atoms with Gasteiger partial charge in [0.05, 0.1) is 25.9 Å². The summed E-state index contributed by atoms with van der Waals surface area (Å²) in [6.45, 7) is 5.83. The summed E-state index contributed by atoms with van der Waals surface area (Å²) in [4.78, 5) is 30.0. The maximum Gasteiger partial charge on any atom is 0.257 e. The third-order valence-corrected chi connectivity index (χ3v) is 6.85. The molecule has 0 aromatic heterocycles. The van der Waals surface area contributed by atoms with Crippen LogP contribution >= 0.6 is 11.6 Å². The number of carbonyl (C=O) groups is 2. The molecule has 2 amide bonds. The van der Waals surface area contributed by atoms with Crippen molar-refractivity contribution in [2.24, 2.45) is 5.92 Å². The minimum Gasteiger partial charge on any atom is -0.496 e. The number of piperidine rings is 1. The van der Waals surface area contributed by atoms with Crippen LogP contribution in [0.25, 0.3) is 0 Å². The van der Waals surface area contributed by atoms with Crippen LogP contribution in [0.1, 0.15) is 34.3 Å². The molecular weight excluding hydrogens is 454 g/mol. The van der Waals surface area contributed by atoms with Crippen molar-refractivity contribution in [1.29, 1.82) is 0 Å². The molecule has 8 heteroatoms. The summed E-state index contributed by atoms with van der Waals surface area (Å²) in [7, 11) is 1.54. The molecule has 2 saturated heterocycles. The Morgan fingerprint density at radius 3 is 2.47 bits per heavy atom. The molecule has 2 aliphatic heterocycles. The summed E-state index contributed by atoms with van der Waals surface area (Å²) in [6, 6.07) is 13.3. The molecule has 182 valence electrons. The lowest BCUT2D eigenvalue weighted by atomic mass is 9.95. The minimum absolute atomic E-state index is 0.0496. The average molecular weight is 486 g/mol. The van der Waals surface area contributed by atoms with E-state index >= 15 is 0 Å². The van der Waals surface area contributed by atoms with Gasteiger partial charge in [-0.25, -0.2) is 0 Å². The van der Waals surface area contributed by atoms with Gasteiger partial charge in [-0.1, -0.05) is 35.9 Å². The highest BCUT2D eigenvalue weighted by molar-refractivity contribution is 6.31. The maximum absolute atomic E-state index is 13.0. The minimum atomic E-state index is -0.116. The van der Waals surface area contributed by atoms with Gasteiger partial charge < -0.3 is 19.7 Å². The molecular formula is C26H32ClN3O4. The zero-order valence-electron chi connectivity index (χ0n) is 19.6.